The molecule has 6 nitrogen and oxygen atoms in total. The molecule has 0 aliphatic rings. The Morgan fingerprint density at radius 2 is 2.18 bits per heavy atom. The number of nitrogens with zero attached hydrogens (tertiary/aromatic N) is 1. The SMILES string of the molecule is COC(=O)Cc1c(C)ccc([N+](=O)[O-])c1C=O. The lowest BCUT2D eigenvalue weighted by molar-refractivity contribution is -0.385. The Morgan fingerprint density at radius 3 is 2.65 bits per heavy atom. The average Bonchev–Trinajstić information content (AvgIpc) is 2.30. The molecule has 0 fully saturated rings. The number of aldehydes is 1. The molecule has 90 valence electrons. The Hall–Kier alpha value is -2.24. The molecule has 0 saturated heterocycles. The molecule has 0 aliphatic carbocycles. The van der Waals surface area contributed by atoms with Crippen LogP contribution >= 0.6 is 0 Å². The van der Waals surface area contributed by atoms with Crippen LogP contribution in [0.2, 0.25) is 0 Å². The van der Waals surface area contributed by atoms with Crippen molar-refractivity contribution in [3.8, 4) is 0 Å². The van der Waals surface area contributed by atoms with E-state index in [0.29, 0.717) is 17.4 Å². The molecular formula is C11H11NO5. The van der Waals surface area contributed by atoms with Crippen LogP contribution in [0.4, 0.5) is 5.69 Å². The fraction of sp³-hybridized carbons (Fsp3) is 0.273. The van der Waals surface area contributed by atoms with E-state index in [2.05, 4.69) is 4.74 Å². The Balaban J connectivity index is 3.35. The minimum Gasteiger partial charge on any atom is -0.469 e. The van der Waals surface area contributed by atoms with E-state index in [-0.39, 0.29) is 17.7 Å². The van der Waals surface area contributed by atoms with E-state index in [0.717, 1.165) is 0 Å². The molecule has 0 amide bonds. The van der Waals surface area contributed by atoms with Crippen LogP contribution in [-0.2, 0) is 16.0 Å². The van der Waals surface area contributed by atoms with Crippen LogP contribution in [0, 0.1) is 17.0 Å². The third-order valence-electron chi connectivity index (χ3n) is 2.43. The van der Waals surface area contributed by atoms with Gasteiger partial charge in [-0.1, -0.05) is 6.07 Å². The van der Waals surface area contributed by atoms with Gasteiger partial charge in [0.1, 0.15) is 0 Å². The van der Waals surface area contributed by atoms with Crippen molar-refractivity contribution in [2.24, 2.45) is 0 Å². The maximum atomic E-state index is 11.2. The Morgan fingerprint density at radius 1 is 1.53 bits per heavy atom. The maximum absolute atomic E-state index is 11.2. The molecule has 1 rings (SSSR count). The van der Waals surface area contributed by atoms with Crippen molar-refractivity contribution >= 4 is 17.9 Å². The summed E-state index contributed by atoms with van der Waals surface area (Å²) < 4.78 is 4.48. The summed E-state index contributed by atoms with van der Waals surface area (Å²) in [6, 6.07) is 2.75. The Labute approximate surface area is 97.3 Å². The van der Waals surface area contributed by atoms with Crippen molar-refractivity contribution in [2.45, 2.75) is 13.3 Å². The second-order valence-electron chi connectivity index (χ2n) is 3.42. The number of carbonyl (C=O) groups is 2. The van der Waals surface area contributed by atoms with Crippen molar-refractivity contribution in [1.29, 1.82) is 0 Å². The van der Waals surface area contributed by atoms with Gasteiger partial charge in [-0.15, -0.1) is 0 Å². The summed E-state index contributed by atoms with van der Waals surface area (Å²) in [6.45, 7) is 1.68. The minimum absolute atomic E-state index is 0.0691. The van der Waals surface area contributed by atoms with Gasteiger partial charge in [0.15, 0.2) is 6.29 Å². The van der Waals surface area contributed by atoms with E-state index in [4.69, 9.17) is 0 Å². The third kappa shape index (κ3) is 2.66. The molecule has 1 aromatic carbocycles. The highest BCUT2D eigenvalue weighted by Gasteiger charge is 2.20. The molecule has 0 spiro atoms. The van der Waals surface area contributed by atoms with Crippen molar-refractivity contribution in [3.63, 3.8) is 0 Å². The van der Waals surface area contributed by atoms with Crippen LogP contribution in [0.3, 0.4) is 0 Å². The minimum atomic E-state index is -0.649. The fourth-order valence-electron chi connectivity index (χ4n) is 1.50. The lowest BCUT2D eigenvalue weighted by Gasteiger charge is -2.07. The maximum Gasteiger partial charge on any atom is 0.310 e. The number of methoxy groups -OCH3 is 1. The van der Waals surface area contributed by atoms with Crippen LogP contribution in [0.1, 0.15) is 21.5 Å². The Kier molecular flexibility index (Phi) is 3.92. The molecule has 1 aromatic rings. The number of hydrogen-bond acceptors (Lipinski definition) is 5. The number of nitro benzene ring substituents is 1. The number of ether oxygens (including phenoxy) is 1. The molecule has 0 saturated carbocycles. The second kappa shape index (κ2) is 5.20. The number of aryl methyl sites for hydroxylation is 1. The number of carbonyl (C=O) groups excluding carboxylic acids is 2. The average molecular weight is 237 g/mol. The van der Waals surface area contributed by atoms with Gasteiger partial charge in [0.25, 0.3) is 5.69 Å². The van der Waals surface area contributed by atoms with Crippen molar-refractivity contribution < 1.29 is 19.2 Å². The number of benzene rings is 1. The first-order valence-electron chi connectivity index (χ1n) is 4.80. The smallest absolute Gasteiger partial charge is 0.310 e. The van der Waals surface area contributed by atoms with E-state index in [1.165, 1.54) is 19.2 Å². The third-order valence-corrected chi connectivity index (χ3v) is 2.43. The largest absolute Gasteiger partial charge is 0.469 e. The molecular weight excluding hydrogens is 226 g/mol. The molecule has 0 heterocycles. The number of rotatable bonds is 4. The van der Waals surface area contributed by atoms with Gasteiger partial charge in [0.2, 0.25) is 0 Å². The zero-order chi connectivity index (χ0) is 13.0. The van der Waals surface area contributed by atoms with Gasteiger partial charge in [-0.05, 0) is 18.1 Å². The molecule has 0 aliphatic heterocycles. The summed E-state index contributed by atoms with van der Waals surface area (Å²) >= 11 is 0. The van der Waals surface area contributed by atoms with Crippen LogP contribution in [0.5, 0.6) is 0 Å². The number of hydrogen-bond donors (Lipinski definition) is 0. The van der Waals surface area contributed by atoms with E-state index < -0.39 is 10.9 Å². The topological polar surface area (TPSA) is 86.5 Å². The zero-order valence-corrected chi connectivity index (χ0v) is 9.43. The van der Waals surface area contributed by atoms with Crippen molar-refractivity contribution in [2.75, 3.05) is 7.11 Å². The zero-order valence-electron chi connectivity index (χ0n) is 9.43. The predicted octanol–water partition coefficient (Wildman–Crippen LogP) is 1.43. The van der Waals surface area contributed by atoms with Crippen LogP contribution < -0.4 is 0 Å². The molecule has 0 unspecified atom stereocenters. The predicted molar refractivity (Wildman–Crippen MR) is 58.9 cm³/mol. The lowest BCUT2D eigenvalue weighted by atomic mass is 9.98. The molecule has 0 N–H and O–H groups in total. The first-order valence-corrected chi connectivity index (χ1v) is 4.80. The van der Waals surface area contributed by atoms with Gasteiger partial charge in [0.05, 0.1) is 24.0 Å². The summed E-state index contributed by atoms with van der Waals surface area (Å²) in [5.41, 5.74) is 0.606. The van der Waals surface area contributed by atoms with Gasteiger partial charge >= 0.3 is 5.97 Å². The van der Waals surface area contributed by atoms with Crippen LogP contribution in [-0.4, -0.2) is 24.3 Å². The standard InChI is InChI=1S/C11H11NO5/c1-7-3-4-10(12(15)16)9(6-13)8(7)5-11(14)17-2/h3-4,6H,5H2,1-2H3. The van der Waals surface area contributed by atoms with E-state index in [1.807, 2.05) is 0 Å². The first kappa shape index (κ1) is 12.8. The quantitative estimate of drug-likeness (QED) is 0.342. The summed E-state index contributed by atoms with van der Waals surface area (Å²) in [5, 5.41) is 10.7. The number of esters is 1. The summed E-state index contributed by atoms with van der Waals surface area (Å²) in [6.07, 6.45) is 0.238. The first-order chi connectivity index (χ1) is 8.01. The van der Waals surface area contributed by atoms with Gasteiger partial charge < -0.3 is 4.74 Å². The van der Waals surface area contributed by atoms with Crippen LogP contribution in [0.25, 0.3) is 0 Å². The summed E-state index contributed by atoms with van der Waals surface area (Å²) in [4.78, 5) is 32.2. The van der Waals surface area contributed by atoms with Gasteiger partial charge in [-0.2, -0.15) is 0 Å². The number of nitro groups is 1. The highest BCUT2D eigenvalue weighted by atomic mass is 16.6. The second-order valence-corrected chi connectivity index (χ2v) is 3.42. The highest BCUT2D eigenvalue weighted by Crippen LogP contribution is 2.24. The van der Waals surface area contributed by atoms with Gasteiger partial charge in [-0.25, -0.2) is 0 Å². The van der Waals surface area contributed by atoms with Crippen molar-refractivity contribution in [3.05, 3.63) is 38.9 Å². The molecule has 6 heteroatoms. The molecule has 0 radical (unpaired) electrons. The van der Waals surface area contributed by atoms with Gasteiger partial charge in [0, 0.05) is 6.07 Å². The highest BCUT2D eigenvalue weighted by molar-refractivity contribution is 5.87. The molecule has 0 aromatic heterocycles. The van der Waals surface area contributed by atoms with Gasteiger partial charge in [-0.3, -0.25) is 19.7 Å². The van der Waals surface area contributed by atoms with Crippen LogP contribution in [0.15, 0.2) is 12.1 Å². The van der Waals surface area contributed by atoms with E-state index in [1.54, 1.807) is 6.92 Å². The monoisotopic (exact) mass is 237 g/mol. The Bertz CT molecular complexity index is 481. The lowest BCUT2D eigenvalue weighted by Crippen LogP contribution is -2.10. The normalized spacial score (nSPS) is 9.76. The van der Waals surface area contributed by atoms with Crippen molar-refractivity contribution in [1.82, 2.24) is 0 Å². The summed E-state index contributed by atoms with van der Waals surface area (Å²) in [5.74, 6) is -0.545. The molecule has 17 heavy (non-hydrogen) atoms. The molecule has 0 atom stereocenters. The van der Waals surface area contributed by atoms with E-state index >= 15 is 0 Å². The molecule has 0 bridgehead atoms. The fourth-order valence-corrected chi connectivity index (χ4v) is 1.50. The van der Waals surface area contributed by atoms with E-state index in [9.17, 15) is 19.7 Å². The summed E-state index contributed by atoms with van der Waals surface area (Å²) in [7, 11) is 1.22.